The predicted molar refractivity (Wildman–Crippen MR) is 108 cm³/mol. The predicted octanol–water partition coefficient (Wildman–Crippen LogP) is 4.35. The molecule has 4 nitrogen and oxygen atoms in total. The van der Waals surface area contributed by atoms with Gasteiger partial charge in [0.25, 0.3) is 0 Å². The number of aromatic nitrogens is 1. The normalized spacial score (nSPS) is 13.5. The second-order valence-corrected chi connectivity index (χ2v) is 7.11. The standard InChI is InChI=1S/C22H12ClF2N3O/c23-13-2-4-18-16(9-13)17(22(29)28-18)5-11-1-3-19-20(6-11)27-21(26-19)12-7-14(24)10-15(25)8-12/h1-10,28-29H/b11-5-. The van der Waals surface area contributed by atoms with Gasteiger partial charge in [-0.25, -0.2) is 18.8 Å². The highest BCUT2D eigenvalue weighted by atomic mass is 35.5. The van der Waals surface area contributed by atoms with E-state index in [1.54, 1.807) is 36.4 Å². The van der Waals surface area contributed by atoms with E-state index in [1.807, 2.05) is 6.07 Å². The van der Waals surface area contributed by atoms with Gasteiger partial charge in [0.1, 0.15) is 11.6 Å². The maximum absolute atomic E-state index is 13.5. The van der Waals surface area contributed by atoms with Gasteiger partial charge >= 0.3 is 0 Å². The Hall–Kier alpha value is -3.51. The van der Waals surface area contributed by atoms with Crippen LogP contribution in [0.4, 0.5) is 14.5 Å². The minimum absolute atomic E-state index is 0.0341. The Morgan fingerprint density at radius 3 is 2.52 bits per heavy atom. The number of nitrogens with one attached hydrogen (secondary N) is 1. The summed E-state index contributed by atoms with van der Waals surface area (Å²) in [6, 6.07) is 13.9. The van der Waals surface area contributed by atoms with E-state index in [1.165, 1.54) is 12.1 Å². The Balaban J connectivity index is 1.61. The zero-order chi connectivity index (χ0) is 20.1. The maximum Gasteiger partial charge on any atom is 0.196 e. The van der Waals surface area contributed by atoms with Crippen LogP contribution >= 0.6 is 11.6 Å². The molecule has 0 amide bonds. The third kappa shape index (κ3) is 3.17. The molecule has 0 radical (unpaired) electrons. The number of hydrogen-bond acceptors (Lipinski definition) is 3. The van der Waals surface area contributed by atoms with E-state index in [-0.39, 0.29) is 17.3 Å². The van der Waals surface area contributed by atoms with E-state index < -0.39 is 11.6 Å². The minimum atomic E-state index is -0.684. The third-order valence-corrected chi connectivity index (χ3v) is 4.90. The highest BCUT2D eigenvalue weighted by Gasteiger charge is 2.13. The van der Waals surface area contributed by atoms with E-state index in [4.69, 9.17) is 11.6 Å². The number of aliphatic imine (C=N–C) groups is 1. The van der Waals surface area contributed by atoms with E-state index in [9.17, 15) is 13.9 Å². The lowest BCUT2D eigenvalue weighted by Gasteiger charge is -1.98. The number of rotatable bonds is 2. The second kappa shape index (κ2) is 6.53. The molecular weight excluding hydrogens is 396 g/mol. The van der Waals surface area contributed by atoms with Crippen molar-refractivity contribution in [2.45, 2.75) is 0 Å². The van der Waals surface area contributed by atoms with Gasteiger partial charge in [0.05, 0.1) is 11.0 Å². The maximum atomic E-state index is 13.5. The van der Waals surface area contributed by atoms with Crippen LogP contribution < -0.4 is 10.6 Å². The van der Waals surface area contributed by atoms with Gasteiger partial charge < -0.3 is 10.1 Å². The number of nitrogens with zero attached hydrogens (tertiary/aromatic N) is 2. The van der Waals surface area contributed by atoms with Crippen molar-refractivity contribution in [2.24, 2.45) is 9.98 Å². The molecule has 3 aromatic carbocycles. The average Bonchev–Trinajstić information content (AvgIpc) is 3.22. The van der Waals surface area contributed by atoms with Crippen molar-refractivity contribution < 1.29 is 13.9 Å². The summed E-state index contributed by atoms with van der Waals surface area (Å²) in [5.74, 6) is -1.09. The molecule has 0 saturated heterocycles. The molecule has 1 aliphatic heterocycles. The number of aromatic hydroxyl groups is 1. The summed E-state index contributed by atoms with van der Waals surface area (Å²) in [6.07, 6.45) is 1.81. The summed E-state index contributed by atoms with van der Waals surface area (Å²) in [7, 11) is 0. The summed E-state index contributed by atoms with van der Waals surface area (Å²) in [5.41, 5.74) is 2.22. The van der Waals surface area contributed by atoms with Gasteiger partial charge in [-0.2, -0.15) is 0 Å². The third-order valence-electron chi connectivity index (χ3n) is 4.66. The highest BCUT2D eigenvalue weighted by molar-refractivity contribution is 6.31. The molecule has 1 aliphatic rings. The first kappa shape index (κ1) is 17.6. The van der Waals surface area contributed by atoms with Gasteiger partial charge in [-0.15, -0.1) is 0 Å². The van der Waals surface area contributed by atoms with Crippen molar-refractivity contribution in [3.63, 3.8) is 0 Å². The first-order chi connectivity index (χ1) is 14.0. The van der Waals surface area contributed by atoms with E-state index in [0.29, 0.717) is 21.6 Å². The fraction of sp³-hybridized carbons (Fsp3) is 0. The summed E-state index contributed by atoms with van der Waals surface area (Å²) in [5, 5.41) is 13.0. The molecule has 1 aromatic heterocycles. The van der Waals surface area contributed by atoms with Crippen LogP contribution in [0.3, 0.4) is 0 Å². The molecule has 0 bridgehead atoms. The van der Waals surface area contributed by atoms with Crippen LogP contribution in [0.2, 0.25) is 5.02 Å². The Morgan fingerprint density at radius 2 is 1.72 bits per heavy atom. The van der Waals surface area contributed by atoms with Gasteiger partial charge in [-0.05, 0) is 53.8 Å². The summed E-state index contributed by atoms with van der Waals surface area (Å²) >= 11 is 6.08. The molecular formula is C22H12ClF2N3O. The monoisotopic (exact) mass is 407 g/mol. The molecule has 5 rings (SSSR count). The highest BCUT2D eigenvalue weighted by Crippen LogP contribution is 2.30. The molecule has 4 aromatic rings. The molecule has 0 spiro atoms. The van der Waals surface area contributed by atoms with Gasteiger partial charge in [0.15, 0.2) is 11.7 Å². The van der Waals surface area contributed by atoms with Crippen LogP contribution in [-0.2, 0) is 0 Å². The lowest BCUT2D eigenvalue weighted by Crippen LogP contribution is -2.07. The zero-order valence-corrected chi connectivity index (χ0v) is 15.5. The van der Waals surface area contributed by atoms with E-state index >= 15 is 0 Å². The summed E-state index contributed by atoms with van der Waals surface area (Å²) < 4.78 is 27.0. The van der Waals surface area contributed by atoms with Crippen LogP contribution in [0.5, 0.6) is 5.88 Å². The number of fused-ring (bicyclic) bond motifs is 2. The molecule has 7 heteroatoms. The lowest BCUT2D eigenvalue weighted by molar-refractivity contribution is 0.457. The van der Waals surface area contributed by atoms with E-state index in [2.05, 4.69) is 15.0 Å². The van der Waals surface area contributed by atoms with Crippen molar-refractivity contribution in [3.8, 4) is 5.88 Å². The quantitative estimate of drug-likeness (QED) is 0.510. The molecule has 0 fully saturated rings. The molecule has 0 aliphatic carbocycles. The largest absolute Gasteiger partial charge is 0.494 e. The fourth-order valence-corrected chi connectivity index (χ4v) is 3.54. The second-order valence-electron chi connectivity index (χ2n) is 6.68. The van der Waals surface area contributed by atoms with Gasteiger partial charge in [0, 0.05) is 33.1 Å². The molecule has 2 heterocycles. The van der Waals surface area contributed by atoms with Crippen LogP contribution in [-0.4, -0.2) is 15.9 Å². The molecule has 0 unspecified atom stereocenters. The topological polar surface area (TPSA) is 60.7 Å². The average molecular weight is 408 g/mol. The van der Waals surface area contributed by atoms with Crippen LogP contribution in [0.1, 0.15) is 11.1 Å². The number of H-pyrrole nitrogens is 1. The molecule has 29 heavy (non-hydrogen) atoms. The fourth-order valence-electron chi connectivity index (χ4n) is 3.36. The minimum Gasteiger partial charge on any atom is -0.494 e. The number of aromatic amines is 1. The molecule has 2 N–H and O–H groups in total. The Labute approximate surface area is 168 Å². The van der Waals surface area contributed by atoms with Crippen LogP contribution in [0, 0.1) is 11.6 Å². The van der Waals surface area contributed by atoms with Crippen molar-refractivity contribution in [1.82, 2.24) is 4.98 Å². The number of halogens is 3. The number of hydrogen-bond donors (Lipinski definition) is 2. The van der Waals surface area contributed by atoms with Crippen LogP contribution in [0.15, 0.2) is 64.6 Å². The van der Waals surface area contributed by atoms with Crippen LogP contribution in [0.25, 0.3) is 17.0 Å². The number of amidine groups is 1. The van der Waals surface area contributed by atoms with Crippen molar-refractivity contribution in [1.29, 1.82) is 0 Å². The Kier molecular flexibility index (Phi) is 3.96. The van der Waals surface area contributed by atoms with Gasteiger partial charge in [0.2, 0.25) is 0 Å². The Bertz CT molecular complexity index is 1440. The first-order valence-electron chi connectivity index (χ1n) is 8.72. The van der Waals surface area contributed by atoms with Crippen molar-refractivity contribution in [3.05, 3.63) is 93.0 Å². The first-order valence-corrected chi connectivity index (χ1v) is 9.10. The number of benzene rings is 3. The molecule has 142 valence electrons. The van der Waals surface area contributed by atoms with Gasteiger partial charge in [-0.3, -0.25) is 0 Å². The summed E-state index contributed by atoms with van der Waals surface area (Å²) in [6.45, 7) is 0. The van der Waals surface area contributed by atoms with Crippen molar-refractivity contribution in [2.75, 3.05) is 0 Å². The molecule has 0 saturated carbocycles. The van der Waals surface area contributed by atoms with Crippen molar-refractivity contribution >= 4 is 40.1 Å². The Morgan fingerprint density at radius 1 is 0.931 bits per heavy atom. The molecule has 0 atom stereocenters. The zero-order valence-electron chi connectivity index (χ0n) is 14.7. The lowest BCUT2D eigenvalue weighted by atomic mass is 10.1. The summed E-state index contributed by atoms with van der Waals surface area (Å²) in [4.78, 5) is 11.7. The SMILES string of the molecule is Oc1[nH]c2ccc(Cl)cc2c1/C=c1/ccc2c(c1)N=C(c1cc(F)cc(F)c1)N=2. The van der Waals surface area contributed by atoms with E-state index in [0.717, 1.165) is 22.2 Å². The smallest absolute Gasteiger partial charge is 0.196 e. The van der Waals surface area contributed by atoms with Gasteiger partial charge in [-0.1, -0.05) is 17.7 Å².